The predicted molar refractivity (Wildman–Crippen MR) is 79.8 cm³/mol. The average Bonchev–Trinajstić information content (AvgIpc) is 2.43. The number of aromatic nitrogens is 2. The molecule has 1 aromatic carbocycles. The quantitative estimate of drug-likeness (QED) is 0.628. The second-order valence-corrected chi connectivity index (χ2v) is 5.43. The van der Waals surface area contributed by atoms with Crippen LogP contribution in [0.15, 0.2) is 35.5 Å². The van der Waals surface area contributed by atoms with Crippen LogP contribution in [0.2, 0.25) is 0 Å². The van der Waals surface area contributed by atoms with Gasteiger partial charge in [0.05, 0.1) is 6.10 Å². The van der Waals surface area contributed by atoms with Crippen molar-refractivity contribution in [2.24, 2.45) is 0 Å². The first-order valence-electron chi connectivity index (χ1n) is 6.33. The Hall–Kier alpha value is -1.86. The van der Waals surface area contributed by atoms with Crippen molar-refractivity contribution in [3.05, 3.63) is 41.8 Å². The molecule has 112 valence electrons. The second kappa shape index (κ2) is 7.24. The van der Waals surface area contributed by atoms with E-state index in [1.165, 1.54) is 36.0 Å². The van der Waals surface area contributed by atoms with Crippen molar-refractivity contribution in [1.29, 1.82) is 0 Å². The number of aryl methyl sites for hydroxylation is 1. The Morgan fingerprint density at radius 2 is 2.05 bits per heavy atom. The molecule has 0 spiro atoms. The predicted octanol–water partition coefficient (Wildman–Crippen LogP) is 2.04. The van der Waals surface area contributed by atoms with Crippen LogP contribution in [0.5, 0.6) is 5.75 Å². The molecule has 0 amide bonds. The molecular weight excluding hydrogens is 293 g/mol. The number of nitrogens with two attached hydrogens (primary N) is 1. The molecule has 1 heterocycles. The van der Waals surface area contributed by atoms with Gasteiger partial charge in [-0.05, 0) is 31.2 Å². The third kappa shape index (κ3) is 5.20. The highest BCUT2D eigenvalue weighted by molar-refractivity contribution is 7.99. The fraction of sp³-hybridized carbons (Fsp3) is 0.286. The summed E-state index contributed by atoms with van der Waals surface area (Å²) in [6.45, 7) is 1.94. The molecule has 0 aliphatic carbocycles. The van der Waals surface area contributed by atoms with Gasteiger partial charge in [-0.2, -0.15) is 0 Å². The van der Waals surface area contributed by atoms with Gasteiger partial charge in [-0.3, -0.25) is 0 Å². The zero-order chi connectivity index (χ0) is 15.2. The highest BCUT2D eigenvalue weighted by Crippen LogP contribution is 2.17. The molecule has 7 heteroatoms. The number of aliphatic hydroxyl groups is 1. The van der Waals surface area contributed by atoms with Crippen LogP contribution in [0.1, 0.15) is 5.69 Å². The number of nitrogens with zero attached hydrogens (tertiary/aromatic N) is 2. The van der Waals surface area contributed by atoms with E-state index in [4.69, 9.17) is 10.5 Å². The molecule has 0 aliphatic rings. The Labute approximate surface area is 126 Å². The summed E-state index contributed by atoms with van der Waals surface area (Å²) < 4.78 is 18.1. The molecule has 1 atom stereocenters. The van der Waals surface area contributed by atoms with Crippen molar-refractivity contribution in [3.8, 4) is 5.75 Å². The van der Waals surface area contributed by atoms with E-state index >= 15 is 0 Å². The minimum atomic E-state index is -0.689. The van der Waals surface area contributed by atoms with E-state index in [2.05, 4.69) is 9.97 Å². The van der Waals surface area contributed by atoms with Gasteiger partial charge in [-0.1, -0.05) is 11.8 Å². The van der Waals surface area contributed by atoms with Crippen LogP contribution in [-0.2, 0) is 0 Å². The van der Waals surface area contributed by atoms with Gasteiger partial charge in [0.15, 0.2) is 5.16 Å². The SMILES string of the molecule is Cc1cc(N)nc(SCC(O)COc2ccc(F)cc2)n1. The fourth-order valence-electron chi connectivity index (χ4n) is 1.57. The van der Waals surface area contributed by atoms with Crippen molar-refractivity contribution < 1.29 is 14.2 Å². The van der Waals surface area contributed by atoms with Crippen LogP contribution in [0.3, 0.4) is 0 Å². The van der Waals surface area contributed by atoms with E-state index in [-0.39, 0.29) is 12.4 Å². The first-order chi connectivity index (χ1) is 10.0. The Balaban J connectivity index is 1.79. The zero-order valence-electron chi connectivity index (χ0n) is 11.5. The second-order valence-electron chi connectivity index (χ2n) is 4.45. The van der Waals surface area contributed by atoms with Crippen molar-refractivity contribution in [2.75, 3.05) is 18.1 Å². The summed E-state index contributed by atoms with van der Waals surface area (Å²) >= 11 is 1.30. The summed E-state index contributed by atoms with van der Waals surface area (Å²) in [7, 11) is 0. The number of nitrogen functional groups attached to an aromatic ring is 1. The first-order valence-corrected chi connectivity index (χ1v) is 7.32. The molecule has 0 fully saturated rings. The number of anilines is 1. The van der Waals surface area contributed by atoms with Gasteiger partial charge in [-0.25, -0.2) is 14.4 Å². The Morgan fingerprint density at radius 3 is 2.71 bits per heavy atom. The Morgan fingerprint density at radius 1 is 1.33 bits per heavy atom. The van der Waals surface area contributed by atoms with Gasteiger partial charge in [0, 0.05) is 17.5 Å². The minimum Gasteiger partial charge on any atom is -0.491 e. The number of ether oxygens (including phenoxy) is 1. The summed E-state index contributed by atoms with van der Waals surface area (Å²) in [4.78, 5) is 8.28. The van der Waals surface area contributed by atoms with Gasteiger partial charge in [-0.15, -0.1) is 0 Å². The molecule has 2 aromatic rings. The minimum absolute atomic E-state index is 0.111. The molecule has 0 radical (unpaired) electrons. The van der Waals surface area contributed by atoms with E-state index < -0.39 is 6.10 Å². The van der Waals surface area contributed by atoms with Gasteiger partial charge in [0.2, 0.25) is 0 Å². The van der Waals surface area contributed by atoms with Crippen LogP contribution in [-0.4, -0.2) is 33.5 Å². The van der Waals surface area contributed by atoms with Gasteiger partial charge < -0.3 is 15.6 Å². The number of rotatable bonds is 6. The third-order valence-corrected chi connectivity index (χ3v) is 3.51. The van der Waals surface area contributed by atoms with Gasteiger partial charge in [0.25, 0.3) is 0 Å². The molecular formula is C14H16FN3O2S. The Bertz CT molecular complexity index is 575. The number of benzene rings is 1. The molecule has 5 nitrogen and oxygen atoms in total. The summed E-state index contributed by atoms with van der Waals surface area (Å²) in [5, 5.41) is 10.4. The van der Waals surface area contributed by atoms with E-state index in [1.54, 1.807) is 6.07 Å². The lowest BCUT2D eigenvalue weighted by Crippen LogP contribution is -2.20. The number of halogens is 1. The average molecular weight is 309 g/mol. The summed E-state index contributed by atoms with van der Waals surface area (Å²) in [6.07, 6.45) is -0.689. The monoisotopic (exact) mass is 309 g/mol. The highest BCUT2D eigenvalue weighted by atomic mass is 32.2. The zero-order valence-corrected chi connectivity index (χ0v) is 12.3. The van der Waals surface area contributed by atoms with Crippen LogP contribution in [0.4, 0.5) is 10.2 Å². The molecule has 21 heavy (non-hydrogen) atoms. The third-order valence-electron chi connectivity index (χ3n) is 2.51. The van der Waals surface area contributed by atoms with E-state index in [9.17, 15) is 9.50 Å². The lowest BCUT2D eigenvalue weighted by atomic mass is 10.3. The fourth-order valence-corrected chi connectivity index (χ4v) is 2.39. The molecule has 0 aliphatic heterocycles. The summed E-state index contributed by atoms with van der Waals surface area (Å²) in [5.74, 6) is 0.968. The van der Waals surface area contributed by atoms with Crippen molar-refractivity contribution in [3.63, 3.8) is 0 Å². The number of aliphatic hydroxyl groups excluding tert-OH is 1. The van der Waals surface area contributed by atoms with Crippen LogP contribution in [0, 0.1) is 12.7 Å². The van der Waals surface area contributed by atoms with Crippen LogP contribution in [0.25, 0.3) is 0 Å². The topological polar surface area (TPSA) is 81.3 Å². The molecule has 0 saturated heterocycles. The first kappa shape index (κ1) is 15.5. The maximum atomic E-state index is 12.7. The van der Waals surface area contributed by atoms with Gasteiger partial charge >= 0.3 is 0 Å². The van der Waals surface area contributed by atoms with Crippen molar-refractivity contribution >= 4 is 17.6 Å². The Kier molecular flexibility index (Phi) is 5.35. The van der Waals surface area contributed by atoms with E-state index in [0.717, 1.165) is 5.69 Å². The molecule has 0 bridgehead atoms. The number of thioether (sulfide) groups is 1. The normalized spacial score (nSPS) is 12.1. The smallest absolute Gasteiger partial charge is 0.189 e. The maximum Gasteiger partial charge on any atom is 0.189 e. The summed E-state index contributed by atoms with van der Waals surface area (Å²) in [6, 6.07) is 7.32. The van der Waals surface area contributed by atoms with Gasteiger partial charge in [0.1, 0.15) is 24.0 Å². The lowest BCUT2D eigenvalue weighted by molar-refractivity contribution is 0.126. The molecule has 1 unspecified atom stereocenters. The molecule has 1 aromatic heterocycles. The molecule has 0 saturated carbocycles. The number of hydrogen-bond donors (Lipinski definition) is 2. The summed E-state index contributed by atoms with van der Waals surface area (Å²) in [5.41, 5.74) is 6.41. The molecule has 3 N–H and O–H groups in total. The largest absolute Gasteiger partial charge is 0.491 e. The van der Waals surface area contributed by atoms with Crippen molar-refractivity contribution in [2.45, 2.75) is 18.2 Å². The van der Waals surface area contributed by atoms with Crippen LogP contribution >= 0.6 is 11.8 Å². The van der Waals surface area contributed by atoms with E-state index in [0.29, 0.717) is 22.5 Å². The lowest BCUT2D eigenvalue weighted by Gasteiger charge is -2.11. The van der Waals surface area contributed by atoms with Crippen molar-refractivity contribution in [1.82, 2.24) is 9.97 Å². The number of hydrogen-bond acceptors (Lipinski definition) is 6. The van der Waals surface area contributed by atoms with Crippen LogP contribution < -0.4 is 10.5 Å². The molecule has 2 rings (SSSR count). The standard InChI is InChI=1S/C14H16FN3O2S/c1-9-6-13(16)18-14(17-9)21-8-11(19)7-20-12-4-2-10(15)3-5-12/h2-6,11,19H,7-8H2,1H3,(H2,16,17,18). The van der Waals surface area contributed by atoms with E-state index in [1.807, 2.05) is 6.92 Å². The highest BCUT2D eigenvalue weighted by Gasteiger charge is 2.09. The maximum absolute atomic E-state index is 12.7.